The van der Waals surface area contributed by atoms with E-state index >= 15 is 0 Å². The molecule has 0 aromatic carbocycles. The fourth-order valence-corrected chi connectivity index (χ4v) is 14.2. The Hall–Kier alpha value is 0.589. The maximum Gasteiger partial charge on any atom is 1.00 e. The zero-order valence-electron chi connectivity index (χ0n) is 40.2. The minimum absolute atomic E-state index is 0. The summed E-state index contributed by atoms with van der Waals surface area (Å²) in [7, 11) is -33.9. The zero-order chi connectivity index (χ0) is 57.1. The van der Waals surface area contributed by atoms with Crippen molar-refractivity contribution >= 4 is 95.6 Å². The van der Waals surface area contributed by atoms with E-state index in [4.69, 9.17) is 0 Å². The number of unbranched alkanes of at least 4 members (excludes halogenated alkanes) is 3. The molecule has 0 radical (unpaired) electrons. The molecule has 3 atom stereocenters. The minimum atomic E-state index is -6.61. The van der Waals surface area contributed by atoms with Gasteiger partial charge in [-0.1, -0.05) is 40.0 Å². The Bertz CT molecular complexity index is 2680. The molecule has 6 amide bonds. The van der Waals surface area contributed by atoms with Gasteiger partial charge in [-0.05, 0) is 33.1 Å². The third-order valence-electron chi connectivity index (χ3n) is 9.43. The third-order valence-corrected chi connectivity index (χ3v) is 20.1. The van der Waals surface area contributed by atoms with E-state index < -0.39 is 182 Å². The SMILES string of the molecule is CCCCN1C(=O)C(S(=O)(=O)C(F)(F)F)C(=O)N(CC(F)(F)F)S1(=O)=O.CCCCN1C(=O)C(S(=O)(=O)C(F)(F)F)C(=O)N(CC)S1(=O)=O.CCCCN1C(=O)C(S(=O)(=O)C(F)(F)F)C(=O)N(CC)S1(=O)=O.[K+].[K+].[K+]. The molecule has 0 saturated carbocycles. The van der Waals surface area contributed by atoms with E-state index in [1.165, 1.54) is 6.92 Å². The molecule has 3 saturated heterocycles. The van der Waals surface area contributed by atoms with Gasteiger partial charge in [-0.15, -0.1) is 0 Å². The first-order valence-electron chi connectivity index (χ1n) is 19.8. The second-order valence-electron chi connectivity index (χ2n) is 14.4. The molecule has 75 heavy (non-hydrogen) atoms. The Morgan fingerprint density at radius 3 is 0.733 bits per heavy atom. The molecular weight excluding hydrogens is 1270 g/mol. The predicted molar refractivity (Wildman–Crippen MR) is 215 cm³/mol. The quantitative estimate of drug-likeness (QED) is 0.0835. The van der Waals surface area contributed by atoms with Crippen LogP contribution in [0.4, 0.5) is 52.7 Å². The van der Waals surface area contributed by atoms with E-state index in [9.17, 15) is 132 Å². The minimum Gasteiger partial charge on any atom is -0.272 e. The van der Waals surface area contributed by atoms with Crippen molar-refractivity contribution in [3.63, 3.8) is 0 Å². The van der Waals surface area contributed by atoms with Crippen molar-refractivity contribution in [2.24, 2.45) is 0 Å². The van der Waals surface area contributed by atoms with Gasteiger partial charge in [0.25, 0.3) is 65.0 Å². The van der Waals surface area contributed by atoms with Crippen LogP contribution in [0.2, 0.25) is 0 Å². The van der Waals surface area contributed by atoms with Gasteiger partial charge in [0.15, 0.2) is 0 Å². The van der Waals surface area contributed by atoms with E-state index in [0.717, 1.165) is 13.8 Å². The van der Waals surface area contributed by atoms with Crippen molar-refractivity contribution in [3.8, 4) is 0 Å². The number of alkyl halides is 12. The molecule has 3 heterocycles. The summed E-state index contributed by atoms with van der Waals surface area (Å²) >= 11 is 0. The van der Waals surface area contributed by atoms with Gasteiger partial charge in [0, 0.05) is 32.7 Å². The Labute approximate surface area is 549 Å². The van der Waals surface area contributed by atoms with Gasteiger partial charge < -0.3 is 0 Å². The Kier molecular flexibility index (Phi) is 31.1. The number of carbonyl (C=O) groups is 6. The van der Waals surface area contributed by atoms with Gasteiger partial charge in [-0.25, -0.2) is 51.1 Å². The average molecular weight is 1310 g/mol. The van der Waals surface area contributed by atoms with Crippen LogP contribution in [0.3, 0.4) is 0 Å². The third kappa shape index (κ3) is 17.3. The van der Waals surface area contributed by atoms with Gasteiger partial charge in [-0.2, -0.15) is 77.9 Å². The standard InChI is InChI=1S/C10H12F6N2O6S2.2C10H15F3N2O6S2.3K/c1-2-3-4-17-7(19)6(25(21,22)10(14,15)16)8(20)18(26(17,23)24)5-9(11,12)13;2*1-3-5-6-15-9(17)7(22(18,19)10(11,12)13)8(16)14(4-2)23(15,20)21;;;/h6H,2-5H2,1H3;2*7H,3-6H2,1-2H3;;;/q;;;3*+1. The summed E-state index contributed by atoms with van der Waals surface area (Å²) in [5, 5.41) is -9.93. The van der Waals surface area contributed by atoms with Crippen LogP contribution in [0.5, 0.6) is 0 Å². The Morgan fingerprint density at radius 1 is 0.373 bits per heavy atom. The molecule has 0 aliphatic carbocycles. The first-order valence-corrected chi connectivity index (χ1v) is 28.6. The van der Waals surface area contributed by atoms with E-state index in [-0.39, 0.29) is 197 Å². The number of hydrogen-bond acceptors (Lipinski definition) is 18. The normalized spacial score (nSPS) is 21.5. The Balaban J connectivity index is -0.00000102. The smallest absolute Gasteiger partial charge is 0.272 e. The number of rotatable bonds is 15. The first kappa shape index (κ1) is 79.8. The molecule has 0 aromatic rings. The molecule has 3 aliphatic heterocycles. The second kappa shape index (κ2) is 29.2. The van der Waals surface area contributed by atoms with Crippen LogP contribution in [-0.4, -0.2) is 190 Å². The summed E-state index contributed by atoms with van der Waals surface area (Å²) in [6.45, 7) is 1.34. The largest absolute Gasteiger partial charge is 1.00 e. The summed E-state index contributed by atoms with van der Waals surface area (Å²) in [6, 6.07) is 0. The monoisotopic (exact) mass is 1310 g/mol. The van der Waals surface area contributed by atoms with E-state index in [1.807, 2.05) is 0 Å². The fourth-order valence-electron chi connectivity index (χ4n) is 5.88. The van der Waals surface area contributed by atoms with Gasteiger partial charge in [-0.3, -0.25) is 28.8 Å². The van der Waals surface area contributed by atoms with Crippen LogP contribution in [0, 0.1) is 0 Å². The molecule has 420 valence electrons. The van der Waals surface area contributed by atoms with Gasteiger partial charge in [0.05, 0.1) is 0 Å². The summed E-state index contributed by atoms with van der Waals surface area (Å²) in [5.41, 5.74) is -17.9. The van der Waals surface area contributed by atoms with Crippen LogP contribution >= 0.6 is 0 Å². The van der Waals surface area contributed by atoms with Crippen molar-refractivity contribution < 1.29 is 286 Å². The molecule has 3 unspecified atom stereocenters. The van der Waals surface area contributed by atoms with Crippen molar-refractivity contribution in [3.05, 3.63) is 0 Å². The maximum atomic E-state index is 12.7. The van der Waals surface area contributed by atoms with Crippen LogP contribution in [0.15, 0.2) is 0 Å². The van der Waals surface area contributed by atoms with Crippen LogP contribution in [-0.2, 0) is 88.9 Å². The fraction of sp³-hybridized carbons (Fsp3) is 0.800. The molecule has 0 aromatic heterocycles. The average Bonchev–Trinajstić information content (AvgIpc) is 3.18. The van der Waals surface area contributed by atoms with Crippen molar-refractivity contribution in [2.75, 3.05) is 39.3 Å². The van der Waals surface area contributed by atoms with E-state index in [1.54, 1.807) is 13.8 Å². The van der Waals surface area contributed by atoms with E-state index in [0.29, 0.717) is 12.8 Å². The molecule has 0 bridgehead atoms. The number of sulfone groups is 3. The van der Waals surface area contributed by atoms with Crippen molar-refractivity contribution in [1.29, 1.82) is 0 Å². The van der Waals surface area contributed by atoms with Crippen LogP contribution in [0.1, 0.15) is 73.1 Å². The molecule has 3 aliphatic rings. The summed E-state index contributed by atoms with van der Waals surface area (Å²) in [5.74, 6) is -12.5. The number of halogens is 12. The second-order valence-corrected chi connectivity index (χ2v) is 25.8. The summed E-state index contributed by atoms with van der Waals surface area (Å²) in [4.78, 5) is 71.8. The molecule has 3 fully saturated rings. The first-order chi connectivity index (χ1) is 32.2. The molecule has 0 spiro atoms. The molecular formula is C30H42F12K3N6O18S6+3. The maximum absolute atomic E-state index is 12.7. The van der Waals surface area contributed by atoms with Gasteiger partial charge >= 0.3 is 207 Å². The van der Waals surface area contributed by atoms with Crippen LogP contribution < -0.4 is 154 Å². The molecule has 0 N–H and O–H groups in total. The number of nitrogens with zero attached hydrogens (tertiary/aromatic N) is 6. The summed E-state index contributed by atoms with van der Waals surface area (Å²) < 4.78 is 292. The zero-order valence-corrected chi connectivity index (χ0v) is 54.5. The van der Waals surface area contributed by atoms with Gasteiger partial charge in [0.2, 0.25) is 15.7 Å². The van der Waals surface area contributed by atoms with Crippen molar-refractivity contribution in [1.82, 2.24) is 25.8 Å². The number of hydrogen-bond donors (Lipinski definition) is 0. The molecule has 45 heteroatoms. The topological polar surface area (TPSA) is 327 Å². The number of carbonyl (C=O) groups excluding carboxylic acids is 6. The molecule has 24 nitrogen and oxygen atoms in total. The number of amides is 6. The van der Waals surface area contributed by atoms with E-state index in [2.05, 4.69) is 0 Å². The predicted octanol–water partition coefficient (Wildman–Crippen LogP) is -8.37. The van der Waals surface area contributed by atoms with Crippen molar-refractivity contribution in [2.45, 2.75) is 112 Å². The Morgan fingerprint density at radius 2 is 0.560 bits per heavy atom. The van der Waals surface area contributed by atoms with Gasteiger partial charge in [0.1, 0.15) is 6.54 Å². The van der Waals surface area contributed by atoms with Crippen LogP contribution in [0.25, 0.3) is 0 Å². The molecule has 3 rings (SSSR count). The summed E-state index contributed by atoms with van der Waals surface area (Å²) in [6.07, 6.45) is -4.38.